The van der Waals surface area contributed by atoms with Crippen LogP contribution in [0.5, 0.6) is 0 Å². The van der Waals surface area contributed by atoms with Crippen molar-refractivity contribution in [2.45, 2.75) is 39.7 Å². The number of aliphatic carboxylic acids is 1. The largest absolute Gasteiger partial charge is 0.480 e. The monoisotopic (exact) mass is 358 g/mol. The van der Waals surface area contributed by atoms with Crippen LogP contribution in [0.2, 0.25) is 0 Å². The molecule has 0 unspecified atom stereocenters. The molecule has 0 aliphatic carbocycles. The molecule has 0 aliphatic rings. The number of H-pyrrole nitrogens is 1. The van der Waals surface area contributed by atoms with Crippen LogP contribution in [-0.2, 0) is 16.0 Å². The number of nitrogens with one attached hydrogen (secondary N) is 2. The summed E-state index contributed by atoms with van der Waals surface area (Å²) in [6.45, 7) is 5.39. The van der Waals surface area contributed by atoms with E-state index < -0.39 is 23.5 Å². The Hall–Kier alpha value is -3.03. The molecule has 26 heavy (non-hydrogen) atoms. The molecule has 2 heterocycles. The van der Waals surface area contributed by atoms with E-state index in [-0.39, 0.29) is 17.9 Å². The summed E-state index contributed by atoms with van der Waals surface area (Å²) in [5, 5.41) is 11.7. The van der Waals surface area contributed by atoms with Crippen LogP contribution in [0.1, 0.15) is 31.5 Å². The van der Waals surface area contributed by atoms with Crippen LogP contribution in [0.15, 0.2) is 29.3 Å². The first-order chi connectivity index (χ1) is 12.3. The summed E-state index contributed by atoms with van der Waals surface area (Å²) in [6, 6.07) is 2.45. The topological polar surface area (TPSA) is 125 Å². The van der Waals surface area contributed by atoms with E-state index in [1.54, 1.807) is 31.5 Å². The number of hydrogen-bond acceptors (Lipinski definition) is 5. The Bertz CT molecular complexity index is 846. The van der Waals surface area contributed by atoms with Crippen LogP contribution in [0.4, 0.5) is 0 Å². The number of rotatable bonds is 7. The molecule has 0 saturated heterocycles. The number of carbonyl (C=O) groups excluding carboxylic acids is 1. The predicted molar refractivity (Wildman–Crippen MR) is 95.6 cm³/mol. The standard InChI is InChI=1S/C18H22N4O4/c1-10(2)8-14(18(25)26)21-15(23)9-13-11(3)20-16(22-17(13)24)12-4-6-19-7-5-12/h4-7,10,14H,8-9H2,1-3H3,(H,21,23)(H,25,26)(H,20,22,24)/t14-/m0/s1. The average Bonchev–Trinajstić information content (AvgIpc) is 2.57. The molecule has 1 atom stereocenters. The van der Waals surface area contributed by atoms with E-state index in [0.29, 0.717) is 23.5 Å². The number of amides is 1. The number of carboxylic acids is 1. The number of pyridine rings is 1. The summed E-state index contributed by atoms with van der Waals surface area (Å²) in [6.07, 6.45) is 3.27. The lowest BCUT2D eigenvalue weighted by Crippen LogP contribution is -2.43. The van der Waals surface area contributed by atoms with Gasteiger partial charge in [0.25, 0.3) is 5.56 Å². The van der Waals surface area contributed by atoms with Crippen molar-refractivity contribution >= 4 is 11.9 Å². The molecular weight excluding hydrogens is 336 g/mol. The second kappa shape index (κ2) is 8.37. The molecule has 0 spiro atoms. The van der Waals surface area contributed by atoms with Crippen LogP contribution in [0, 0.1) is 12.8 Å². The van der Waals surface area contributed by atoms with Crippen molar-refractivity contribution in [2.24, 2.45) is 5.92 Å². The summed E-state index contributed by atoms with van der Waals surface area (Å²) in [5.41, 5.74) is 0.926. The van der Waals surface area contributed by atoms with Gasteiger partial charge in [-0.15, -0.1) is 0 Å². The van der Waals surface area contributed by atoms with Gasteiger partial charge in [0.05, 0.1) is 6.42 Å². The molecule has 2 aromatic rings. The highest BCUT2D eigenvalue weighted by Gasteiger charge is 2.22. The van der Waals surface area contributed by atoms with Gasteiger partial charge in [-0.3, -0.25) is 14.6 Å². The molecule has 2 aromatic heterocycles. The van der Waals surface area contributed by atoms with E-state index in [9.17, 15) is 19.5 Å². The molecular formula is C18H22N4O4. The lowest BCUT2D eigenvalue weighted by Gasteiger charge is -2.16. The Morgan fingerprint density at radius 2 is 1.92 bits per heavy atom. The minimum Gasteiger partial charge on any atom is -0.480 e. The van der Waals surface area contributed by atoms with E-state index in [0.717, 1.165) is 0 Å². The summed E-state index contributed by atoms with van der Waals surface area (Å²) >= 11 is 0. The van der Waals surface area contributed by atoms with E-state index in [1.807, 2.05) is 13.8 Å². The van der Waals surface area contributed by atoms with Crippen molar-refractivity contribution in [3.8, 4) is 11.4 Å². The zero-order valence-corrected chi connectivity index (χ0v) is 14.9. The fourth-order valence-corrected chi connectivity index (χ4v) is 2.56. The van der Waals surface area contributed by atoms with E-state index in [1.165, 1.54) is 0 Å². The Balaban J connectivity index is 2.18. The molecule has 2 rings (SSSR count). The normalized spacial score (nSPS) is 12.0. The number of hydrogen-bond donors (Lipinski definition) is 3. The smallest absolute Gasteiger partial charge is 0.326 e. The Morgan fingerprint density at radius 1 is 1.27 bits per heavy atom. The molecule has 3 N–H and O–H groups in total. The van der Waals surface area contributed by atoms with Gasteiger partial charge >= 0.3 is 5.97 Å². The van der Waals surface area contributed by atoms with Crippen LogP contribution in [-0.4, -0.2) is 38.0 Å². The molecule has 0 fully saturated rings. The maximum Gasteiger partial charge on any atom is 0.326 e. The highest BCUT2D eigenvalue weighted by Crippen LogP contribution is 2.13. The highest BCUT2D eigenvalue weighted by atomic mass is 16.4. The molecule has 8 nitrogen and oxygen atoms in total. The molecule has 8 heteroatoms. The number of carboxylic acid groups (broad SMARTS) is 1. The van der Waals surface area contributed by atoms with Crippen LogP contribution in [0.3, 0.4) is 0 Å². The maximum absolute atomic E-state index is 12.4. The Kier molecular flexibility index (Phi) is 6.21. The van der Waals surface area contributed by atoms with Crippen molar-refractivity contribution in [3.05, 3.63) is 46.1 Å². The number of nitrogens with zero attached hydrogens (tertiary/aromatic N) is 2. The van der Waals surface area contributed by atoms with Gasteiger partial charge in [-0.25, -0.2) is 9.78 Å². The van der Waals surface area contributed by atoms with Crippen LogP contribution in [0.25, 0.3) is 11.4 Å². The summed E-state index contributed by atoms with van der Waals surface area (Å²) in [4.78, 5) is 46.7. The molecule has 0 saturated carbocycles. The van der Waals surface area contributed by atoms with Gasteiger partial charge in [-0.05, 0) is 31.4 Å². The lowest BCUT2D eigenvalue weighted by molar-refractivity contribution is -0.142. The zero-order valence-electron chi connectivity index (χ0n) is 14.9. The molecule has 0 bridgehead atoms. The molecule has 138 valence electrons. The molecule has 0 radical (unpaired) electrons. The van der Waals surface area contributed by atoms with Crippen LogP contribution >= 0.6 is 0 Å². The van der Waals surface area contributed by atoms with Crippen molar-refractivity contribution in [1.82, 2.24) is 20.3 Å². The second-order valence-electron chi connectivity index (χ2n) is 6.48. The SMILES string of the molecule is Cc1nc(-c2ccncc2)[nH]c(=O)c1CC(=O)N[C@@H](CC(C)C)C(=O)O. The third-order valence-corrected chi connectivity index (χ3v) is 3.85. The fraction of sp³-hybridized carbons (Fsp3) is 0.389. The van der Waals surface area contributed by atoms with Gasteiger partial charge in [0.15, 0.2) is 0 Å². The van der Waals surface area contributed by atoms with E-state index in [4.69, 9.17) is 0 Å². The van der Waals surface area contributed by atoms with E-state index >= 15 is 0 Å². The maximum atomic E-state index is 12.4. The number of aryl methyl sites for hydroxylation is 1. The van der Waals surface area contributed by atoms with Gasteiger partial charge in [-0.1, -0.05) is 13.8 Å². The number of aromatic nitrogens is 3. The summed E-state index contributed by atoms with van der Waals surface area (Å²) in [7, 11) is 0. The highest BCUT2D eigenvalue weighted by molar-refractivity contribution is 5.84. The van der Waals surface area contributed by atoms with Crippen molar-refractivity contribution in [2.75, 3.05) is 0 Å². The summed E-state index contributed by atoms with van der Waals surface area (Å²) < 4.78 is 0. The number of aromatic amines is 1. The van der Waals surface area contributed by atoms with E-state index in [2.05, 4.69) is 20.3 Å². The van der Waals surface area contributed by atoms with Crippen LogP contribution < -0.4 is 10.9 Å². The van der Waals surface area contributed by atoms with Gasteiger partial charge in [0, 0.05) is 29.2 Å². The second-order valence-corrected chi connectivity index (χ2v) is 6.48. The summed E-state index contributed by atoms with van der Waals surface area (Å²) in [5.74, 6) is -1.11. The van der Waals surface area contributed by atoms with Crippen molar-refractivity contribution in [1.29, 1.82) is 0 Å². The first kappa shape index (κ1) is 19.3. The Labute approximate surface area is 150 Å². The molecule has 1 amide bonds. The van der Waals surface area contributed by atoms with Crippen molar-refractivity contribution < 1.29 is 14.7 Å². The lowest BCUT2D eigenvalue weighted by atomic mass is 10.0. The van der Waals surface area contributed by atoms with Gasteiger partial charge in [0.2, 0.25) is 5.91 Å². The quantitative estimate of drug-likeness (QED) is 0.685. The zero-order chi connectivity index (χ0) is 19.3. The third-order valence-electron chi connectivity index (χ3n) is 3.85. The van der Waals surface area contributed by atoms with Gasteiger partial charge < -0.3 is 15.4 Å². The van der Waals surface area contributed by atoms with Crippen molar-refractivity contribution in [3.63, 3.8) is 0 Å². The molecule has 0 aromatic carbocycles. The first-order valence-corrected chi connectivity index (χ1v) is 8.30. The van der Waals surface area contributed by atoms with Gasteiger partial charge in [-0.2, -0.15) is 0 Å². The predicted octanol–water partition coefficient (Wildman–Crippen LogP) is 1.30. The molecule has 0 aliphatic heterocycles. The fourth-order valence-electron chi connectivity index (χ4n) is 2.56. The Morgan fingerprint density at radius 3 is 2.46 bits per heavy atom. The number of carbonyl (C=O) groups is 2. The first-order valence-electron chi connectivity index (χ1n) is 8.30. The average molecular weight is 358 g/mol. The minimum atomic E-state index is -1.09. The third kappa shape index (κ3) is 4.98. The van der Waals surface area contributed by atoms with Gasteiger partial charge in [0.1, 0.15) is 11.9 Å². The minimum absolute atomic E-state index is 0.114.